The molecular weight excluding hydrogens is 334 g/mol. The van der Waals surface area contributed by atoms with E-state index in [2.05, 4.69) is 5.01 Å². The molecule has 1 aliphatic heterocycles. The van der Waals surface area contributed by atoms with Gasteiger partial charge in [-0.3, -0.25) is 15.1 Å². The molecule has 0 amide bonds. The number of benzene rings is 1. The zero-order valence-electron chi connectivity index (χ0n) is 14.5. The van der Waals surface area contributed by atoms with Crippen molar-refractivity contribution in [3.63, 3.8) is 0 Å². The van der Waals surface area contributed by atoms with Crippen LogP contribution in [0.15, 0.2) is 29.4 Å². The van der Waals surface area contributed by atoms with Crippen molar-refractivity contribution in [1.29, 1.82) is 0 Å². The molecule has 0 atom stereocenters. The predicted molar refractivity (Wildman–Crippen MR) is 102 cm³/mol. The van der Waals surface area contributed by atoms with Crippen LogP contribution in [0.1, 0.15) is 69.8 Å². The van der Waals surface area contributed by atoms with Crippen LogP contribution >= 0.6 is 11.8 Å². The topological polar surface area (TPSA) is 58.7 Å². The van der Waals surface area contributed by atoms with Gasteiger partial charge in [0.05, 0.1) is 4.92 Å². The molecule has 0 N–H and O–H groups in total. The van der Waals surface area contributed by atoms with Gasteiger partial charge in [0.2, 0.25) is 0 Å². The van der Waals surface area contributed by atoms with E-state index in [0.717, 1.165) is 10.6 Å². The normalized spacial score (nSPS) is 23.7. The third-order valence-corrected chi connectivity index (χ3v) is 7.27. The van der Waals surface area contributed by atoms with E-state index in [1.165, 1.54) is 64.2 Å². The molecule has 1 aromatic carbocycles. The summed E-state index contributed by atoms with van der Waals surface area (Å²) in [6.07, 6.45) is 12.8. The fourth-order valence-electron chi connectivity index (χ4n) is 4.45. The number of nitrogens with zero attached hydrogens (tertiary/aromatic N) is 3. The van der Waals surface area contributed by atoms with E-state index in [1.54, 1.807) is 12.1 Å². The SMILES string of the molecule is O=[N+]([O-])c1ccc(C2=NN(C3CCCCC3)C3(CCCCC3)S2)cc1. The van der Waals surface area contributed by atoms with Crippen molar-refractivity contribution >= 4 is 22.5 Å². The zero-order chi connectivity index (χ0) is 17.3. The Morgan fingerprint density at radius 2 is 1.68 bits per heavy atom. The van der Waals surface area contributed by atoms with E-state index in [4.69, 9.17) is 5.10 Å². The lowest BCUT2D eigenvalue weighted by Crippen LogP contribution is -2.47. The zero-order valence-corrected chi connectivity index (χ0v) is 15.3. The Morgan fingerprint density at radius 3 is 2.32 bits per heavy atom. The third kappa shape index (κ3) is 3.28. The van der Waals surface area contributed by atoms with E-state index >= 15 is 0 Å². The summed E-state index contributed by atoms with van der Waals surface area (Å²) in [5.74, 6) is 0. The standard InChI is InChI=1S/C19H25N3O2S/c23-22(24)17-11-9-15(10-12-17)18-20-21(16-7-3-1-4-8-16)19(25-18)13-5-2-6-14-19/h9-12,16H,1-8,13-14H2. The Kier molecular flexibility index (Phi) is 4.71. The minimum Gasteiger partial charge on any atom is -0.276 e. The quantitative estimate of drug-likeness (QED) is 0.543. The summed E-state index contributed by atoms with van der Waals surface area (Å²) in [7, 11) is 0. The summed E-state index contributed by atoms with van der Waals surface area (Å²) in [6, 6.07) is 7.45. The Labute approximate surface area is 153 Å². The van der Waals surface area contributed by atoms with E-state index < -0.39 is 0 Å². The number of hydrogen-bond donors (Lipinski definition) is 0. The van der Waals surface area contributed by atoms with Crippen molar-refractivity contribution in [2.75, 3.05) is 0 Å². The molecule has 4 rings (SSSR count). The Bertz CT molecular complexity index is 662. The van der Waals surface area contributed by atoms with Crippen molar-refractivity contribution in [2.45, 2.75) is 75.1 Å². The van der Waals surface area contributed by atoms with Crippen LogP contribution in [-0.2, 0) is 0 Å². The molecule has 1 aromatic rings. The van der Waals surface area contributed by atoms with Crippen LogP contribution in [0.5, 0.6) is 0 Å². The minimum atomic E-state index is -0.343. The molecule has 134 valence electrons. The molecule has 2 saturated carbocycles. The highest BCUT2D eigenvalue weighted by molar-refractivity contribution is 8.15. The maximum atomic E-state index is 10.9. The number of hydrazone groups is 1. The van der Waals surface area contributed by atoms with Gasteiger partial charge in [0.15, 0.2) is 0 Å². The number of thioether (sulfide) groups is 1. The summed E-state index contributed by atoms with van der Waals surface area (Å²) < 4.78 is 0. The summed E-state index contributed by atoms with van der Waals surface area (Å²) in [4.78, 5) is 10.7. The van der Waals surface area contributed by atoms with Gasteiger partial charge in [-0.15, -0.1) is 0 Å². The molecule has 1 spiro atoms. The first-order chi connectivity index (χ1) is 12.2. The Balaban J connectivity index is 1.62. The molecule has 0 bridgehead atoms. The van der Waals surface area contributed by atoms with Crippen molar-refractivity contribution in [3.8, 4) is 0 Å². The predicted octanol–water partition coefficient (Wildman–Crippen LogP) is 5.30. The highest BCUT2D eigenvalue weighted by atomic mass is 32.2. The molecule has 25 heavy (non-hydrogen) atoms. The van der Waals surface area contributed by atoms with E-state index in [9.17, 15) is 10.1 Å². The largest absolute Gasteiger partial charge is 0.276 e. The average molecular weight is 359 g/mol. The molecule has 0 saturated heterocycles. The van der Waals surface area contributed by atoms with Gasteiger partial charge in [0.1, 0.15) is 9.91 Å². The minimum absolute atomic E-state index is 0.122. The fourth-order valence-corrected chi connectivity index (χ4v) is 5.97. The monoisotopic (exact) mass is 359 g/mol. The van der Waals surface area contributed by atoms with Crippen LogP contribution in [0.3, 0.4) is 0 Å². The molecular formula is C19H25N3O2S. The lowest BCUT2D eigenvalue weighted by atomic mass is 9.89. The lowest BCUT2D eigenvalue weighted by Gasteiger charge is -2.44. The van der Waals surface area contributed by atoms with Crippen LogP contribution in [0.4, 0.5) is 5.69 Å². The van der Waals surface area contributed by atoms with E-state index in [-0.39, 0.29) is 15.5 Å². The molecule has 1 heterocycles. The van der Waals surface area contributed by atoms with Gasteiger partial charge in [-0.05, 0) is 37.8 Å². The number of rotatable bonds is 3. The number of nitro benzene ring substituents is 1. The van der Waals surface area contributed by atoms with Crippen molar-refractivity contribution in [3.05, 3.63) is 39.9 Å². The number of hydrogen-bond acceptors (Lipinski definition) is 5. The van der Waals surface area contributed by atoms with Crippen LogP contribution < -0.4 is 0 Å². The van der Waals surface area contributed by atoms with Crippen LogP contribution in [-0.4, -0.2) is 25.9 Å². The lowest BCUT2D eigenvalue weighted by molar-refractivity contribution is -0.384. The molecule has 2 aliphatic carbocycles. The Hall–Kier alpha value is -1.56. The van der Waals surface area contributed by atoms with Gasteiger partial charge in [-0.1, -0.05) is 50.3 Å². The molecule has 0 unspecified atom stereocenters. The van der Waals surface area contributed by atoms with Gasteiger partial charge >= 0.3 is 0 Å². The number of non-ortho nitro benzene ring substituents is 1. The van der Waals surface area contributed by atoms with Gasteiger partial charge in [0, 0.05) is 23.7 Å². The Morgan fingerprint density at radius 1 is 1.04 bits per heavy atom. The second kappa shape index (κ2) is 6.98. The summed E-state index contributed by atoms with van der Waals surface area (Å²) in [5, 5.41) is 19.5. The molecule has 0 radical (unpaired) electrons. The molecule has 3 aliphatic rings. The maximum absolute atomic E-state index is 10.9. The third-order valence-electron chi connectivity index (χ3n) is 5.78. The smallest absolute Gasteiger partial charge is 0.269 e. The van der Waals surface area contributed by atoms with Crippen LogP contribution in [0.2, 0.25) is 0 Å². The van der Waals surface area contributed by atoms with Gasteiger partial charge in [-0.25, -0.2) is 0 Å². The first-order valence-corrected chi connectivity index (χ1v) is 10.3. The highest BCUT2D eigenvalue weighted by Gasteiger charge is 2.47. The van der Waals surface area contributed by atoms with Crippen molar-refractivity contribution < 1.29 is 4.92 Å². The van der Waals surface area contributed by atoms with E-state index in [0.29, 0.717) is 6.04 Å². The maximum Gasteiger partial charge on any atom is 0.269 e. The first kappa shape index (κ1) is 16.9. The first-order valence-electron chi connectivity index (χ1n) is 9.50. The summed E-state index contributed by atoms with van der Waals surface area (Å²) in [5.41, 5.74) is 1.16. The molecule has 5 nitrogen and oxygen atoms in total. The second-order valence-electron chi connectivity index (χ2n) is 7.45. The van der Waals surface area contributed by atoms with Crippen LogP contribution in [0.25, 0.3) is 0 Å². The summed E-state index contributed by atoms with van der Waals surface area (Å²) in [6.45, 7) is 0. The second-order valence-corrected chi connectivity index (χ2v) is 8.81. The van der Waals surface area contributed by atoms with Crippen LogP contribution in [0, 0.1) is 10.1 Å². The van der Waals surface area contributed by atoms with Crippen molar-refractivity contribution in [2.24, 2.45) is 5.10 Å². The van der Waals surface area contributed by atoms with Gasteiger partial charge < -0.3 is 0 Å². The molecule has 2 fully saturated rings. The fraction of sp³-hybridized carbons (Fsp3) is 0.632. The van der Waals surface area contributed by atoms with Gasteiger partial charge in [0.25, 0.3) is 5.69 Å². The average Bonchev–Trinajstić information content (AvgIpc) is 3.02. The molecule has 0 aromatic heterocycles. The van der Waals surface area contributed by atoms with E-state index in [1.807, 2.05) is 23.9 Å². The van der Waals surface area contributed by atoms with Crippen molar-refractivity contribution in [1.82, 2.24) is 5.01 Å². The number of nitro groups is 1. The summed E-state index contributed by atoms with van der Waals surface area (Å²) >= 11 is 1.91. The van der Waals surface area contributed by atoms with Gasteiger partial charge in [-0.2, -0.15) is 5.10 Å². The highest BCUT2D eigenvalue weighted by Crippen LogP contribution is 2.51. The molecule has 6 heteroatoms.